The van der Waals surface area contributed by atoms with E-state index in [1.54, 1.807) is 6.20 Å². The number of nitrogens with zero attached hydrogens (tertiary/aromatic N) is 2. The second-order valence-electron chi connectivity index (χ2n) is 6.29. The monoisotopic (exact) mass is 322 g/mol. The van der Waals surface area contributed by atoms with Crippen molar-refractivity contribution in [3.63, 3.8) is 0 Å². The number of quaternary nitrogens is 1. The van der Waals surface area contributed by atoms with E-state index in [4.69, 9.17) is 17.3 Å². The molecule has 0 saturated carbocycles. The van der Waals surface area contributed by atoms with Gasteiger partial charge in [0.25, 0.3) is 0 Å². The summed E-state index contributed by atoms with van der Waals surface area (Å²) in [6.45, 7) is 3.79. The van der Waals surface area contributed by atoms with E-state index >= 15 is 0 Å². The maximum absolute atomic E-state index is 13.3. The van der Waals surface area contributed by atoms with Crippen molar-refractivity contribution in [3.05, 3.63) is 42.4 Å². The SMILES string of the molecule is CC1=NC=CC([N+]2(c3ccc(F)cc3)CCCCC2)C1(N)Cl. The van der Waals surface area contributed by atoms with Crippen LogP contribution in [0.15, 0.2) is 41.5 Å². The number of hydrogen-bond acceptors (Lipinski definition) is 2. The van der Waals surface area contributed by atoms with E-state index in [1.165, 1.54) is 18.6 Å². The number of aliphatic imine (C=N–C) groups is 1. The molecule has 2 atom stereocenters. The van der Waals surface area contributed by atoms with Crippen molar-refractivity contribution in [2.75, 3.05) is 13.1 Å². The third-order valence-corrected chi connectivity index (χ3v) is 5.51. The van der Waals surface area contributed by atoms with Crippen molar-refractivity contribution < 1.29 is 4.39 Å². The summed E-state index contributed by atoms with van der Waals surface area (Å²) in [6, 6.07) is 6.66. The maximum Gasteiger partial charge on any atom is 0.186 e. The fourth-order valence-corrected chi connectivity index (χ4v) is 4.03. The highest BCUT2D eigenvalue weighted by Crippen LogP contribution is 2.38. The Morgan fingerprint density at radius 3 is 2.50 bits per heavy atom. The standard InChI is InChI=1S/C17H22ClFN3/c1-13-17(18,20)16(9-10-21-13)22(11-3-2-4-12-22)15-7-5-14(19)6-8-15/h5-10,16H,2-4,11-12,20H2,1H3/q+1. The third kappa shape index (κ3) is 2.49. The molecule has 118 valence electrons. The fourth-order valence-electron chi connectivity index (χ4n) is 3.73. The molecule has 1 saturated heterocycles. The number of alkyl halides is 1. The fraction of sp³-hybridized carbons (Fsp3) is 0.471. The largest absolute Gasteiger partial charge is 0.303 e. The van der Waals surface area contributed by atoms with Crippen LogP contribution in [0.3, 0.4) is 0 Å². The summed E-state index contributed by atoms with van der Waals surface area (Å²) in [5.74, 6) is -0.222. The molecular formula is C17H22ClFN3+. The van der Waals surface area contributed by atoms with Crippen LogP contribution in [-0.2, 0) is 0 Å². The zero-order valence-electron chi connectivity index (χ0n) is 12.8. The second kappa shape index (κ2) is 5.76. The molecule has 1 aromatic carbocycles. The zero-order chi connectivity index (χ0) is 15.8. The molecule has 0 aliphatic carbocycles. The number of hydrogen-bond donors (Lipinski definition) is 1. The molecule has 0 spiro atoms. The van der Waals surface area contributed by atoms with Crippen molar-refractivity contribution in [1.82, 2.24) is 4.48 Å². The Hall–Kier alpha value is -1.23. The van der Waals surface area contributed by atoms with Crippen LogP contribution in [0.4, 0.5) is 10.1 Å². The molecule has 0 amide bonds. The van der Waals surface area contributed by atoms with E-state index in [0.29, 0.717) is 4.48 Å². The molecule has 2 heterocycles. The molecule has 3 nitrogen and oxygen atoms in total. The molecule has 2 aliphatic heterocycles. The van der Waals surface area contributed by atoms with Gasteiger partial charge in [0, 0.05) is 18.3 Å². The molecule has 3 rings (SSSR count). The molecule has 2 unspecified atom stereocenters. The average molecular weight is 323 g/mol. The smallest absolute Gasteiger partial charge is 0.186 e. The number of benzene rings is 1. The first-order valence-electron chi connectivity index (χ1n) is 7.79. The first-order valence-corrected chi connectivity index (χ1v) is 8.17. The van der Waals surface area contributed by atoms with E-state index < -0.39 is 5.00 Å². The summed E-state index contributed by atoms with van der Waals surface area (Å²) in [5.41, 5.74) is 8.24. The summed E-state index contributed by atoms with van der Waals surface area (Å²) >= 11 is 6.70. The van der Waals surface area contributed by atoms with Gasteiger partial charge in [-0.3, -0.25) is 9.48 Å². The Morgan fingerprint density at radius 1 is 1.23 bits per heavy atom. The van der Waals surface area contributed by atoms with E-state index in [2.05, 4.69) is 4.99 Å². The maximum atomic E-state index is 13.3. The van der Waals surface area contributed by atoms with Crippen LogP contribution in [0, 0.1) is 5.82 Å². The van der Waals surface area contributed by atoms with E-state index in [0.717, 1.165) is 37.3 Å². The molecule has 1 fully saturated rings. The van der Waals surface area contributed by atoms with Gasteiger partial charge in [-0.1, -0.05) is 11.6 Å². The van der Waals surface area contributed by atoms with Gasteiger partial charge in [-0.2, -0.15) is 0 Å². The molecule has 1 aromatic rings. The summed E-state index contributed by atoms with van der Waals surface area (Å²) in [4.78, 5) is 3.26. The number of nitrogens with two attached hydrogens (primary N) is 1. The minimum atomic E-state index is -1.01. The van der Waals surface area contributed by atoms with Crippen LogP contribution in [0.5, 0.6) is 0 Å². The Labute approximate surface area is 135 Å². The van der Waals surface area contributed by atoms with Crippen molar-refractivity contribution in [1.29, 1.82) is 0 Å². The van der Waals surface area contributed by atoms with Gasteiger partial charge in [0.15, 0.2) is 11.0 Å². The lowest BCUT2D eigenvalue weighted by Gasteiger charge is -2.50. The third-order valence-electron chi connectivity index (χ3n) is 5.01. The highest BCUT2D eigenvalue weighted by molar-refractivity contribution is 6.36. The molecule has 22 heavy (non-hydrogen) atoms. The first kappa shape index (κ1) is 15.7. The van der Waals surface area contributed by atoms with E-state index in [9.17, 15) is 4.39 Å². The summed E-state index contributed by atoms with van der Waals surface area (Å²) in [7, 11) is 0. The van der Waals surface area contributed by atoms with Gasteiger partial charge in [0.2, 0.25) is 0 Å². The van der Waals surface area contributed by atoms with Gasteiger partial charge in [0.1, 0.15) is 11.5 Å². The molecule has 2 N–H and O–H groups in total. The normalized spacial score (nSPS) is 30.9. The number of halogens is 2. The number of likely N-dealkylation sites (tertiary alicyclic amines) is 1. The van der Waals surface area contributed by atoms with Gasteiger partial charge >= 0.3 is 0 Å². The predicted molar refractivity (Wildman–Crippen MR) is 90.6 cm³/mol. The van der Waals surface area contributed by atoms with Crippen LogP contribution >= 0.6 is 11.6 Å². The van der Waals surface area contributed by atoms with Crippen molar-refractivity contribution in [3.8, 4) is 0 Å². The van der Waals surface area contributed by atoms with Gasteiger partial charge in [0.05, 0.1) is 18.8 Å². The highest BCUT2D eigenvalue weighted by Gasteiger charge is 2.51. The molecule has 0 aromatic heterocycles. The minimum Gasteiger partial charge on any atom is -0.303 e. The van der Waals surface area contributed by atoms with Gasteiger partial charge in [-0.15, -0.1) is 0 Å². The zero-order valence-corrected chi connectivity index (χ0v) is 13.6. The van der Waals surface area contributed by atoms with Crippen molar-refractivity contribution in [2.24, 2.45) is 10.7 Å². The second-order valence-corrected chi connectivity index (χ2v) is 6.91. The minimum absolute atomic E-state index is 0.0996. The number of rotatable bonds is 2. The molecule has 5 heteroatoms. The Bertz CT molecular complexity index is 601. The van der Waals surface area contributed by atoms with Crippen LogP contribution in [-0.4, -0.2) is 29.8 Å². The Kier molecular flexibility index (Phi) is 4.10. The van der Waals surface area contributed by atoms with Crippen molar-refractivity contribution >= 4 is 23.0 Å². The Morgan fingerprint density at radius 2 is 1.86 bits per heavy atom. The van der Waals surface area contributed by atoms with Gasteiger partial charge < -0.3 is 5.73 Å². The van der Waals surface area contributed by atoms with E-state index in [1.807, 2.05) is 25.1 Å². The number of piperidine rings is 1. The van der Waals surface area contributed by atoms with Crippen molar-refractivity contribution in [2.45, 2.75) is 37.2 Å². The molecule has 2 aliphatic rings. The van der Waals surface area contributed by atoms with Crippen LogP contribution in [0.1, 0.15) is 26.2 Å². The lowest BCUT2D eigenvalue weighted by atomic mass is 9.92. The predicted octanol–water partition coefficient (Wildman–Crippen LogP) is 3.57. The lowest BCUT2D eigenvalue weighted by molar-refractivity contribution is 0.176. The molecule has 0 bridgehead atoms. The molecule has 0 radical (unpaired) electrons. The van der Waals surface area contributed by atoms with Crippen LogP contribution in [0.25, 0.3) is 0 Å². The molecular weight excluding hydrogens is 301 g/mol. The lowest BCUT2D eigenvalue weighted by Crippen LogP contribution is -2.70. The summed E-state index contributed by atoms with van der Waals surface area (Å²) in [5, 5.41) is 0. The van der Waals surface area contributed by atoms with Gasteiger partial charge in [-0.05, 0) is 44.4 Å². The first-order chi connectivity index (χ1) is 10.5. The van der Waals surface area contributed by atoms with Crippen LogP contribution in [0.2, 0.25) is 0 Å². The highest BCUT2D eigenvalue weighted by atomic mass is 35.5. The van der Waals surface area contributed by atoms with E-state index in [-0.39, 0.29) is 11.9 Å². The summed E-state index contributed by atoms with van der Waals surface area (Å²) < 4.78 is 14.0. The average Bonchev–Trinajstić information content (AvgIpc) is 2.51. The topological polar surface area (TPSA) is 38.4 Å². The van der Waals surface area contributed by atoms with Crippen LogP contribution < -0.4 is 10.2 Å². The Balaban J connectivity index is 2.09. The van der Waals surface area contributed by atoms with Gasteiger partial charge in [-0.25, -0.2) is 4.39 Å². The quantitative estimate of drug-likeness (QED) is 0.504. The summed E-state index contributed by atoms with van der Waals surface area (Å²) in [6.07, 6.45) is 7.25.